The molecule has 1 aromatic heterocycles. The molecule has 0 bridgehead atoms. The Kier molecular flexibility index (Phi) is 8.67. The van der Waals surface area contributed by atoms with Crippen molar-refractivity contribution in [3.63, 3.8) is 0 Å². The molecule has 0 saturated carbocycles. The van der Waals surface area contributed by atoms with Crippen molar-refractivity contribution in [2.75, 3.05) is 13.1 Å². The van der Waals surface area contributed by atoms with Crippen molar-refractivity contribution in [2.24, 2.45) is 5.73 Å². The number of alkyl halides is 2. The van der Waals surface area contributed by atoms with E-state index in [4.69, 9.17) is 5.73 Å². The molecule has 1 aromatic carbocycles. The van der Waals surface area contributed by atoms with E-state index in [0.717, 1.165) is 23.3 Å². The molecular formula is C16H19ClF2N2O2S. The molecule has 1 heterocycles. The summed E-state index contributed by atoms with van der Waals surface area (Å²) in [5, 5.41) is 2.84. The molecule has 3 N–H and O–H groups in total. The van der Waals surface area contributed by atoms with Crippen molar-refractivity contribution in [2.45, 2.75) is 19.5 Å². The molecular weight excluding hydrogens is 358 g/mol. The molecule has 24 heavy (non-hydrogen) atoms. The minimum Gasteiger partial charge on any atom is -0.435 e. The number of thiophene rings is 1. The van der Waals surface area contributed by atoms with E-state index in [2.05, 4.69) is 10.1 Å². The van der Waals surface area contributed by atoms with Crippen LogP contribution in [0.1, 0.15) is 22.5 Å². The number of hydrogen-bond acceptors (Lipinski definition) is 4. The van der Waals surface area contributed by atoms with Gasteiger partial charge in [0.05, 0.1) is 4.88 Å². The monoisotopic (exact) mass is 376 g/mol. The first-order valence-corrected chi connectivity index (χ1v) is 8.05. The maximum atomic E-state index is 12.1. The van der Waals surface area contributed by atoms with Crippen molar-refractivity contribution in [3.05, 3.63) is 41.3 Å². The fraction of sp³-hybridized carbons (Fsp3) is 0.312. The average molecular weight is 377 g/mol. The topological polar surface area (TPSA) is 64.3 Å². The van der Waals surface area contributed by atoms with Crippen LogP contribution in [0.2, 0.25) is 0 Å². The Morgan fingerprint density at radius 3 is 2.50 bits per heavy atom. The maximum absolute atomic E-state index is 12.1. The molecule has 132 valence electrons. The Morgan fingerprint density at radius 1 is 1.17 bits per heavy atom. The highest BCUT2D eigenvalue weighted by Gasteiger charge is 2.10. The number of nitrogens with one attached hydrogen (secondary N) is 1. The third-order valence-corrected chi connectivity index (χ3v) is 4.24. The highest BCUT2D eigenvalue weighted by Crippen LogP contribution is 2.29. The SMILES string of the molecule is Cl.NCCCCNC(=O)c1ccc(-c2ccc(OC(F)F)cc2)s1. The van der Waals surface area contributed by atoms with Crippen LogP contribution in [0.3, 0.4) is 0 Å². The largest absolute Gasteiger partial charge is 0.435 e. The Bertz CT molecular complexity index is 635. The summed E-state index contributed by atoms with van der Waals surface area (Å²) in [6.45, 7) is -1.62. The number of rotatable bonds is 8. The molecule has 0 saturated heterocycles. The fourth-order valence-electron chi connectivity index (χ4n) is 1.97. The molecule has 2 aromatic rings. The quantitative estimate of drug-likeness (QED) is 0.686. The molecule has 0 aliphatic heterocycles. The van der Waals surface area contributed by atoms with Crippen LogP contribution in [-0.2, 0) is 0 Å². The highest BCUT2D eigenvalue weighted by atomic mass is 35.5. The normalized spacial score (nSPS) is 10.3. The van der Waals surface area contributed by atoms with Gasteiger partial charge in [0.1, 0.15) is 5.75 Å². The number of benzene rings is 1. The molecule has 2 rings (SSSR count). The van der Waals surface area contributed by atoms with Gasteiger partial charge in [0, 0.05) is 11.4 Å². The van der Waals surface area contributed by atoms with E-state index >= 15 is 0 Å². The van der Waals surface area contributed by atoms with Crippen LogP contribution in [0.25, 0.3) is 10.4 Å². The van der Waals surface area contributed by atoms with Gasteiger partial charge in [0.25, 0.3) is 5.91 Å². The lowest BCUT2D eigenvalue weighted by Crippen LogP contribution is -2.23. The summed E-state index contributed by atoms with van der Waals surface area (Å²) in [6.07, 6.45) is 1.73. The van der Waals surface area contributed by atoms with Gasteiger partial charge in [-0.05, 0) is 61.3 Å². The van der Waals surface area contributed by atoms with Crippen LogP contribution in [0.5, 0.6) is 5.75 Å². The standard InChI is InChI=1S/C16H18F2N2O2S.ClH/c17-16(18)22-12-5-3-11(4-6-12)13-7-8-14(23-13)15(21)20-10-2-1-9-19;/h3-8,16H,1-2,9-10,19H2,(H,20,21);1H. The smallest absolute Gasteiger partial charge is 0.387 e. The summed E-state index contributed by atoms with van der Waals surface area (Å²) < 4.78 is 28.5. The van der Waals surface area contributed by atoms with E-state index in [1.807, 2.05) is 6.07 Å². The van der Waals surface area contributed by atoms with Gasteiger partial charge in [-0.15, -0.1) is 23.7 Å². The molecule has 0 unspecified atom stereocenters. The zero-order chi connectivity index (χ0) is 16.7. The molecule has 0 radical (unpaired) electrons. The summed E-state index contributed by atoms with van der Waals surface area (Å²) in [4.78, 5) is 13.5. The number of unbranched alkanes of at least 4 members (excludes halogenated alkanes) is 1. The third kappa shape index (κ3) is 6.07. The van der Waals surface area contributed by atoms with Crippen molar-refractivity contribution in [1.82, 2.24) is 5.32 Å². The minimum absolute atomic E-state index is 0. The lowest BCUT2D eigenvalue weighted by Gasteiger charge is -2.04. The second-order valence-electron chi connectivity index (χ2n) is 4.82. The Labute approximate surface area is 149 Å². The van der Waals surface area contributed by atoms with Gasteiger partial charge in [-0.3, -0.25) is 4.79 Å². The second-order valence-corrected chi connectivity index (χ2v) is 5.90. The Balaban J connectivity index is 0.00000288. The van der Waals surface area contributed by atoms with Gasteiger partial charge < -0.3 is 15.8 Å². The van der Waals surface area contributed by atoms with Gasteiger partial charge >= 0.3 is 6.61 Å². The van der Waals surface area contributed by atoms with Gasteiger partial charge in [0.2, 0.25) is 0 Å². The highest BCUT2D eigenvalue weighted by molar-refractivity contribution is 7.17. The molecule has 0 spiro atoms. The summed E-state index contributed by atoms with van der Waals surface area (Å²) in [6, 6.07) is 9.92. The van der Waals surface area contributed by atoms with Gasteiger partial charge in [-0.1, -0.05) is 0 Å². The summed E-state index contributed by atoms with van der Waals surface area (Å²) >= 11 is 1.35. The predicted octanol–water partition coefficient (Wildman–Crippen LogP) is 3.91. The molecule has 4 nitrogen and oxygen atoms in total. The summed E-state index contributed by atoms with van der Waals surface area (Å²) in [7, 11) is 0. The predicted molar refractivity (Wildman–Crippen MR) is 94.3 cm³/mol. The Morgan fingerprint density at radius 2 is 1.88 bits per heavy atom. The van der Waals surface area contributed by atoms with Crippen LogP contribution in [-0.4, -0.2) is 25.6 Å². The van der Waals surface area contributed by atoms with Crippen molar-refractivity contribution in [1.29, 1.82) is 0 Å². The number of halogens is 3. The lowest BCUT2D eigenvalue weighted by atomic mass is 10.2. The number of amides is 1. The zero-order valence-corrected chi connectivity index (χ0v) is 14.5. The van der Waals surface area contributed by atoms with E-state index in [-0.39, 0.29) is 24.1 Å². The first-order valence-electron chi connectivity index (χ1n) is 7.23. The lowest BCUT2D eigenvalue weighted by molar-refractivity contribution is -0.0498. The van der Waals surface area contributed by atoms with Crippen LogP contribution >= 0.6 is 23.7 Å². The van der Waals surface area contributed by atoms with E-state index < -0.39 is 6.61 Å². The van der Waals surface area contributed by atoms with Gasteiger partial charge in [-0.2, -0.15) is 8.78 Å². The zero-order valence-electron chi connectivity index (χ0n) is 12.8. The van der Waals surface area contributed by atoms with Gasteiger partial charge in [0.15, 0.2) is 0 Å². The summed E-state index contributed by atoms with van der Waals surface area (Å²) in [5.41, 5.74) is 6.25. The maximum Gasteiger partial charge on any atom is 0.387 e. The van der Waals surface area contributed by atoms with Crippen LogP contribution in [0, 0.1) is 0 Å². The number of ether oxygens (including phenoxy) is 1. The molecule has 0 fully saturated rings. The minimum atomic E-state index is -2.84. The molecule has 0 atom stereocenters. The second kappa shape index (κ2) is 10.2. The molecule has 8 heteroatoms. The fourth-order valence-corrected chi connectivity index (χ4v) is 2.90. The van der Waals surface area contributed by atoms with Gasteiger partial charge in [-0.25, -0.2) is 0 Å². The van der Waals surface area contributed by atoms with E-state index in [1.54, 1.807) is 18.2 Å². The molecule has 1 amide bonds. The molecule has 0 aliphatic carbocycles. The van der Waals surface area contributed by atoms with Crippen LogP contribution in [0.15, 0.2) is 36.4 Å². The van der Waals surface area contributed by atoms with E-state index in [0.29, 0.717) is 18.0 Å². The first kappa shape index (κ1) is 20.3. The molecule has 0 aliphatic rings. The number of nitrogens with two attached hydrogens (primary N) is 1. The van der Waals surface area contributed by atoms with E-state index in [9.17, 15) is 13.6 Å². The number of carbonyl (C=O) groups excluding carboxylic acids is 1. The van der Waals surface area contributed by atoms with Crippen LogP contribution in [0.4, 0.5) is 8.78 Å². The summed E-state index contributed by atoms with van der Waals surface area (Å²) in [5.74, 6) is -0.00546. The number of hydrogen-bond donors (Lipinski definition) is 2. The first-order chi connectivity index (χ1) is 11.1. The number of carbonyl (C=O) groups is 1. The third-order valence-electron chi connectivity index (χ3n) is 3.11. The van der Waals surface area contributed by atoms with E-state index in [1.165, 1.54) is 23.5 Å². The van der Waals surface area contributed by atoms with Crippen molar-refractivity contribution < 1.29 is 18.3 Å². The van der Waals surface area contributed by atoms with Crippen LogP contribution < -0.4 is 15.8 Å². The van der Waals surface area contributed by atoms with Crippen molar-refractivity contribution >= 4 is 29.7 Å². The van der Waals surface area contributed by atoms with Crippen molar-refractivity contribution in [3.8, 4) is 16.2 Å². The average Bonchev–Trinajstić information content (AvgIpc) is 3.01. The Hall–Kier alpha value is -1.70.